The summed E-state index contributed by atoms with van der Waals surface area (Å²) in [5.41, 5.74) is 4.61. The van der Waals surface area contributed by atoms with Crippen molar-refractivity contribution in [1.82, 2.24) is 10.6 Å². The van der Waals surface area contributed by atoms with Crippen molar-refractivity contribution >= 4 is 18.0 Å². The van der Waals surface area contributed by atoms with Crippen LogP contribution in [0.5, 0.6) is 0 Å². The van der Waals surface area contributed by atoms with Crippen LogP contribution < -0.4 is 10.6 Å². The number of hydrogen-bond donors (Lipinski definition) is 3. The van der Waals surface area contributed by atoms with Gasteiger partial charge >= 0.3 is 12.1 Å². The van der Waals surface area contributed by atoms with E-state index < -0.39 is 24.0 Å². The molecule has 2 aromatic carbocycles. The molecule has 2 amide bonds. The molecule has 3 N–H and O–H groups in total. The van der Waals surface area contributed by atoms with E-state index in [-0.39, 0.29) is 30.3 Å². The lowest BCUT2D eigenvalue weighted by Gasteiger charge is -2.21. The minimum Gasteiger partial charge on any atom is -0.481 e. The number of carbonyl (C=O) groups excluding carboxylic acids is 2. The van der Waals surface area contributed by atoms with Crippen LogP contribution in [0.15, 0.2) is 48.5 Å². The smallest absolute Gasteiger partial charge is 0.407 e. The van der Waals surface area contributed by atoms with Gasteiger partial charge in [0, 0.05) is 18.5 Å². The highest BCUT2D eigenvalue weighted by atomic mass is 16.5. The minimum atomic E-state index is -0.817. The normalized spacial score (nSPS) is 20.4. The Balaban J connectivity index is 1.28. The quantitative estimate of drug-likeness (QED) is 0.588. The number of hydrogen-bond acceptors (Lipinski definition) is 4. The van der Waals surface area contributed by atoms with Crippen molar-refractivity contribution < 1.29 is 24.2 Å². The van der Waals surface area contributed by atoms with Crippen molar-refractivity contribution in [1.29, 1.82) is 0 Å². The van der Waals surface area contributed by atoms with E-state index in [9.17, 15) is 14.4 Å². The molecule has 0 radical (unpaired) electrons. The lowest BCUT2D eigenvalue weighted by atomic mass is 9.98. The molecule has 32 heavy (non-hydrogen) atoms. The molecule has 0 spiro atoms. The van der Waals surface area contributed by atoms with Gasteiger partial charge in [0.1, 0.15) is 6.61 Å². The van der Waals surface area contributed by atoms with Crippen LogP contribution in [0.4, 0.5) is 4.79 Å². The van der Waals surface area contributed by atoms with Crippen molar-refractivity contribution in [2.45, 2.75) is 32.2 Å². The van der Waals surface area contributed by atoms with Gasteiger partial charge in [-0.15, -0.1) is 0 Å². The maximum Gasteiger partial charge on any atom is 0.407 e. The zero-order valence-corrected chi connectivity index (χ0v) is 18.2. The van der Waals surface area contributed by atoms with Gasteiger partial charge in [0.15, 0.2) is 0 Å². The number of nitrogens with one attached hydrogen (secondary N) is 2. The first-order chi connectivity index (χ1) is 15.4. The minimum absolute atomic E-state index is 0.00551. The van der Waals surface area contributed by atoms with E-state index >= 15 is 0 Å². The van der Waals surface area contributed by atoms with E-state index in [0.29, 0.717) is 13.0 Å². The number of carbonyl (C=O) groups is 3. The van der Waals surface area contributed by atoms with Gasteiger partial charge in [-0.25, -0.2) is 4.79 Å². The summed E-state index contributed by atoms with van der Waals surface area (Å²) in [7, 11) is 0. The van der Waals surface area contributed by atoms with Gasteiger partial charge in [-0.2, -0.15) is 0 Å². The van der Waals surface area contributed by atoms with Crippen molar-refractivity contribution in [3.63, 3.8) is 0 Å². The van der Waals surface area contributed by atoms with Crippen LogP contribution in [0.3, 0.4) is 0 Å². The highest BCUT2D eigenvalue weighted by Gasteiger charge is 2.43. The molecule has 168 valence electrons. The fourth-order valence-electron chi connectivity index (χ4n) is 4.35. The van der Waals surface area contributed by atoms with Crippen LogP contribution >= 0.6 is 0 Å². The number of carboxylic acid groups (broad SMARTS) is 1. The topological polar surface area (TPSA) is 105 Å². The van der Waals surface area contributed by atoms with Gasteiger partial charge in [0.25, 0.3) is 0 Å². The maximum atomic E-state index is 12.4. The van der Waals surface area contributed by atoms with Crippen molar-refractivity contribution in [2.24, 2.45) is 17.8 Å². The maximum absolute atomic E-state index is 12.4. The predicted molar refractivity (Wildman–Crippen MR) is 119 cm³/mol. The Morgan fingerprint density at radius 3 is 2.19 bits per heavy atom. The number of rotatable bonds is 8. The number of amides is 2. The first kappa shape index (κ1) is 21.9. The van der Waals surface area contributed by atoms with Gasteiger partial charge in [-0.05, 0) is 41.5 Å². The molecule has 2 aliphatic rings. The van der Waals surface area contributed by atoms with Crippen molar-refractivity contribution in [3.05, 3.63) is 59.7 Å². The van der Waals surface area contributed by atoms with E-state index in [2.05, 4.69) is 34.9 Å². The molecule has 1 saturated carbocycles. The molecule has 2 aliphatic carbocycles. The standard InChI is InChI=1S/C25H28N2O5/c1-14(23(28)26-12-16-11-21(16)24(29)30)15(2)27-25(31)32-13-22-19-9-5-3-7-17(19)18-8-4-6-10-20(18)22/h3-10,14-16,21-22H,11-13H2,1-2H3,(H,26,28)(H,27,31)(H,29,30)/t14?,15?,16-,21-/m0/s1. The SMILES string of the molecule is CC(NC(=O)OCC1c2ccccc2-c2ccccc21)C(C)C(=O)NC[C@@H]1C[C@@H]1C(=O)O. The largest absolute Gasteiger partial charge is 0.481 e. The molecule has 2 unspecified atom stereocenters. The monoisotopic (exact) mass is 436 g/mol. The van der Waals surface area contributed by atoms with Crippen LogP contribution in [0.1, 0.15) is 37.3 Å². The summed E-state index contributed by atoms with van der Waals surface area (Å²) in [5.74, 6) is -1.89. The van der Waals surface area contributed by atoms with Crippen LogP contribution in [0.2, 0.25) is 0 Å². The van der Waals surface area contributed by atoms with Gasteiger partial charge < -0.3 is 20.5 Å². The van der Waals surface area contributed by atoms with Crippen LogP contribution in [0, 0.1) is 17.8 Å². The highest BCUT2D eigenvalue weighted by molar-refractivity contribution is 5.81. The fraction of sp³-hybridized carbons (Fsp3) is 0.400. The third-order valence-corrected chi connectivity index (χ3v) is 6.63. The van der Waals surface area contributed by atoms with Crippen LogP contribution in [-0.4, -0.2) is 42.3 Å². The van der Waals surface area contributed by atoms with Gasteiger partial charge in [-0.3, -0.25) is 9.59 Å². The Bertz CT molecular complexity index is 991. The highest BCUT2D eigenvalue weighted by Crippen LogP contribution is 2.44. The lowest BCUT2D eigenvalue weighted by molar-refractivity contribution is -0.139. The summed E-state index contributed by atoms with van der Waals surface area (Å²) in [5, 5.41) is 14.5. The van der Waals surface area contributed by atoms with Crippen molar-refractivity contribution in [2.75, 3.05) is 13.2 Å². The molecule has 0 bridgehead atoms. The Morgan fingerprint density at radius 1 is 1.03 bits per heavy atom. The molecule has 2 aromatic rings. The van der Waals surface area contributed by atoms with E-state index in [1.165, 1.54) is 0 Å². The molecule has 7 nitrogen and oxygen atoms in total. The number of ether oxygens (including phenoxy) is 1. The molecule has 4 rings (SSSR count). The van der Waals surface area contributed by atoms with E-state index in [4.69, 9.17) is 9.84 Å². The summed E-state index contributed by atoms with van der Waals surface area (Å²) in [6, 6.07) is 15.8. The third kappa shape index (κ3) is 4.47. The molecule has 0 saturated heterocycles. The van der Waals surface area contributed by atoms with E-state index in [1.54, 1.807) is 13.8 Å². The predicted octanol–water partition coefficient (Wildman–Crippen LogP) is 3.39. The summed E-state index contributed by atoms with van der Waals surface area (Å²) in [6.07, 6.45) is 0.0320. The van der Waals surface area contributed by atoms with Gasteiger partial charge in [0.2, 0.25) is 5.91 Å². The zero-order valence-electron chi connectivity index (χ0n) is 18.2. The molecule has 4 atom stereocenters. The fourth-order valence-corrected chi connectivity index (χ4v) is 4.35. The molecule has 0 heterocycles. The van der Waals surface area contributed by atoms with Crippen LogP contribution in [0.25, 0.3) is 11.1 Å². The first-order valence-corrected chi connectivity index (χ1v) is 11.0. The van der Waals surface area contributed by atoms with Crippen LogP contribution in [-0.2, 0) is 14.3 Å². The second-order valence-electron chi connectivity index (χ2n) is 8.73. The Kier molecular flexibility index (Phi) is 6.17. The summed E-state index contributed by atoms with van der Waals surface area (Å²) in [4.78, 5) is 35.7. The van der Waals surface area contributed by atoms with Crippen molar-refractivity contribution in [3.8, 4) is 11.1 Å². The molecule has 0 aliphatic heterocycles. The molecule has 0 aromatic heterocycles. The Labute approximate surface area is 187 Å². The second kappa shape index (κ2) is 9.02. The van der Waals surface area contributed by atoms with E-state index in [1.807, 2.05) is 24.3 Å². The average molecular weight is 437 g/mol. The summed E-state index contributed by atoms with van der Waals surface area (Å²) in [6.45, 7) is 4.04. The number of benzene rings is 2. The number of aliphatic carboxylic acids is 1. The third-order valence-electron chi connectivity index (χ3n) is 6.63. The summed E-state index contributed by atoms with van der Waals surface area (Å²) >= 11 is 0. The number of fused-ring (bicyclic) bond motifs is 3. The molecule has 7 heteroatoms. The first-order valence-electron chi connectivity index (χ1n) is 11.0. The number of carboxylic acids is 1. The van der Waals surface area contributed by atoms with Gasteiger partial charge in [-0.1, -0.05) is 55.5 Å². The summed E-state index contributed by atoms with van der Waals surface area (Å²) < 4.78 is 5.54. The molecule has 1 fully saturated rings. The Hall–Kier alpha value is -3.35. The zero-order chi connectivity index (χ0) is 22.8. The average Bonchev–Trinajstić information content (AvgIpc) is 3.51. The second-order valence-corrected chi connectivity index (χ2v) is 8.73. The lowest BCUT2D eigenvalue weighted by Crippen LogP contribution is -2.44. The Morgan fingerprint density at radius 2 is 1.62 bits per heavy atom. The molecular weight excluding hydrogens is 408 g/mol. The van der Waals surface area contributed by atoms with Gasteiger partial charge in [0.05, 0.1) is 11.8 Å². The molecular formula is C25H28N2O5. The number of alkyl carbamates (subject to hydrolysis) is 1. The van der Waals surface area contributed by atoms with E-state index in [0.717, 1.165) is 22.3 Å².